The summed E-state index contributed by atoms with van der Waals surface area (Å²) in [5.74, 6) is 1.70. The Balaban J connectivity index is 1.78. The summed E-state index contributed by atoms with van der Waals surface area (Å²) in [5.41, 5.74) is 1.14. The van der Waals surface area contributed by atoms with Crippen molar-refractivity contribution in [3.63, 3.8) is 0 Å². The van der Waals surface area contributed by atoms with Crippen molar-refractivity contribution >= 4 is 11.6 Å². The fourth-order valence-electron chi connectivity index (χ4n) is 1.69. The molecule has 5 heteroatoms. The van der Waals surface area contributed by atoms with Crippen LogP contribution >= 0.6 is 11.6 Å². The number of ether oxygens (including phenoxy) is 1. The van der Waals surface area contributed by atoms with E-state index in [0.717, 1.165) is 30.9 Å². The predicted octanol–water partition coefficient (Wildman–Crippen LogP) is 2.40. The van der Waals surface area contributed by atoms with Crippen LogP contribution < -0.4 is 10.1 Å². The molecule has 1 aromatic carbocycles. The summed E-state index contributed by atoms with van der Waals surface area (Å²) < 4.78 is 5.11. The predicted molar refractivity (Wildman–Crippen MR) is 72.0 cm³/mol. The van der Waals surface area contributed by atoms with E-state index in [1.807, 2.05) is 24.4 Å². The van der Waals surface area contributed by atoms with Crippen molar-refractivity contribution in [2.24, 2.45) is 0 Å². The highest BCUT2D eigenvalue weighted by Gasteiger charge is 2.01. The largest absolute Gasteiger partial charge is 0.495 e. The summed E-state index contributed by atoms with van der Waals surface area (Å²) in [6.07, 6.45) is 4.48. The van der Waals surface area contributed by atoms with E-state index in [0.29, 0.717) is 10.8 Å². The summed E-state index contributed by atoms with van der Waals surface area (Å²) in [6, 6.07) is 5.80. The first-order valence-electron chi connectivity index (χ1n) is 5.81. The van der Waals surface area contributed by atoms with Crippen LogP contribution in [0.1, 0.15) is 11.4 Å². The van der Waals surface area contributed by atoms with Gasteiger partial charge < -0.3 is 15.0 Å². The minimum absolute atomic E-state index is 0.642. The molecule has 1 heterocycles. The highest BCUT2D eigenvalue weighted by Crippen LogP contribution is 2.24. The van der Waals surface area contributed by atoms with E-state index in [1.165, 1.54) is 0 Å². The molecule has 2 aromatic rings. The molecule has 0 saturated heterocycles. The first-order chi connectivity index (χ1) is 8.79. The van der Waals surface area contributed by atoms with Gasteiger partial charge in [0, 0.05) is 31.9 Å². The monoisotopic (exact) mass is 265 g/mol. The van der Waals surface area contributed by atoms with Gasteiger partial charge in [-0.1, -0.05) is 17.7 Å². The third-order valence-electron chi connectivity index (χ3n) is 2.64. The van der Waals surface area contributed by atoms with Crippen LogP contribution in [0.2, 0.25) is 5.02 Å². The standard InChI is InChI=1S/C13H16ClN3O/c1-18-12-3-2-10(8-11(12)14)9-15-5-4-13-16-6-7-17-13/h2-3,6-8,15H,4-5,9H2,1H3,(H,16,17). The van der Waals surface area contributed by atoms with Crippen molar-refractivity contribution in [2.45, 2.75) is 13.0 Å². The quantitative estimate of drug-likeness (QED) is 0.789. The molecule has 0 aliphatic carbocycles. The van der Waals surface area contributed by atoms with Crippen molar-refractivity contribution in [3.05, 3.63) is 47.0 Å². The number of imidazole rings is 1. The summed E-state index contributed by atoms with van der Waals surface area (Å²) in [4.78, 5) is 7.24. The van der Waals surface area contributed by atoms with Gasteiger partial charge in [0.1, 0.15) is 11.6 Å². The van der Waals surface area contributed by atoms with Gasteiger partial charge in [0.2, 0.25) is 0 Å². The fraction of sp³-hybridized carbons (Fsp3) is 0.308. The summed E-state index contributed by atoms with van der Waals surface area (Å²) in [7, 11) is 1.61. The summed E-state index contributed by atoms with van der Waals surface area (Å²) in [5, 5.41) is 3.99. The third-order valence-corrected chi connectivity index (χ3v) is 2.93. The molecule has 0 bridgehead atoms. The lowest BCUT2D eigenvalue weighted by Crippen LogP contribution is -2.17. The second kappa shape index (κ2) is 6.42. The van der Waals surface area contributed by atoms with Gasteiger partial charge in [-0.25, -0.2) is 4.98 Å². The van der Waals surface area contributed by atoms with E-state index in [1.54, 1.807) is 13.3 Å². The second-order valence-corrected chi connectivity index (χ2v) is 4.34. The highest BCUT2D eigenvalue weighted by molar-refractivity contribution is 6.32. The van der Waals surface area contributed by atoms with E-state index in [9.17, 15) is 0 Å². The smallest absolute Gasteiger partial charge is 0.137 e. The molecule has 0 spiro atoms. The topological polar surface area (TPSA) is 49.9 Å². The van der Waals surface area contributed by atoms with Gasteiger partial charge in [-0.3, -0.25) is 0 Å². The Hall–Kier alpha value is -1.52. The van der Waals surface area contributed by atoms with Crippen LogP contribution in [0.25, 0.3) is 0 Å². The number of rotatable bonds is 6. The molecule has 18 heavy (non-hydrogen) atoms. The summed E-state index contributed by atoms with van der Waals surface area (Å²) in [6.45, 7) is 1.65. The lowest BCUT2D eigenvalue weighted by atomic mass is 10.2. The van der Waals surface area contributed by atoms with Crippen LogP contribution in [0.5, 0.6) is 5.75 Å². The Morgan fingerprint density at radius 1 is 1.44 bits per heavy atom. The van der Waals surface area contributed by atoms with Gasteiger partial charge in [-0.05, 0) is 17.7 Å². The maximum atomic E-state index is 6.06. The Morgan fingerprint density at radius 2 is 2.33 bits per heavy atom. The molecule has 96 valence electrons. The van der Waals surface area contributed by atoms with Crippen LogP contribution in [0.3, 0.4) is 0 Å². The number of hydrogen-bond acceptors (Lipinski definition) is 3. The second-order valence-electron chi connectivity index (χ2n) is 3.93. The number of benzene rings is 1. The summed E-state index contributed by atoms with van der Waals surface area (Å²) >= 11 is 6.06. The molecular weight excluding hydrogens is 250 g/mol. The van der Waals surface area contributed by atoms with Crippen LogP contribution in [0, 0.1) is 0 Å². The normalized spacial score (nSPS) is 10.6. The van der Waals surface area contributed by atoms with Crippen LogP contribution in [-0.4, -0.2) is 23.6 Å². The van der Waals surface area contributed by atoms with E-state index < -0.39 is 0 Å². The molecule has 0 saturated carbocycles. The number of H-pyrrole nitrogens is 1. The number of halogens is 1. The lowest BCUT2D eigenvalue weighted by molar-refractivity contribution is 0.415. The molecule has 0 radical (unpaired) electrons. The molecule has 1 aromatic heterocycles. The molecule has 0 aliphatic heterocycles. The van der Waals surface area contributed by atoms with E-state index in [4.69, 9.17) is 16.3 Å². The van der Waals surface area contributed by atoms with Gasteiger partial charge in [0.15, 0.2) is 0 Å². The van der Waals surface area contributed by atoms with Crippen molar-refractivity contribution in [2.75, 3.05) is 13.7 Å². The van der Waals surface area contributed by atoms with Gasteiger partial charge in [0.05, 0.1) is 12.1 Å². The molecule has 0 aliphatic rings. The molecule has 4 nitrogen and oxygen atoms in total. The number of hydrogen-bond donors (Lipinski definition) is 2. The SMILES string of the molecule is COc1ccc(CNCCc2ncc[nH]2)cc1Cl. The fourth-order valence-corrected chi connectivity index (χ4v) is 1.97. The van der Waals surface area contributed by atoms with E-state index in [-0.39, 0.29) is 0 Å². The number of nitrogens with one attached hydrogen (secondary N) is 2. The first kappa shape index (κ1) is 12.9. The van der Waals surface area contributed by atoms with Crippen molar-refractivity contribution in [1.82, 2.24) is 15.3 Å². The van der Waals surface area contributed by atoms with Gasteiger partial charge in [0.25, 0.3) is 0 Å². The zero-order valence-corrected chi connectivity index (χ0v) is 11.0. The molecule has 2 N–H and O–H groups in total. The Morgan fingerprint density at radius 3 is 3.00 bits per heavy atom. The lowest BCUT2D eigenvalue weighted by Gasteiger charge is -2.07. The molecular formula is C13H16ClN3O. The van der Waals surface area contributed by atoms with E-state index >= 15 is 0 Å². The number of nitrogens with zero attached hydrogens (tertiary/aromatic N) is 1. The number of aromatic amines is 1. The van der Waals surface area contributed by atoms with Crippen LogP contribution in [0.15, 0.2) is 30.6 Å². The Kier molecular flexibility index (Phi) is 4.61. The van der Waals surface area contributed by atoms with Crippen LogP contribution in [0.4, 0.5) is 0 Å². The molecule has 0 atom stereocenters. The minimum Gasteiger partial charge on any atom is -0.495 e. The minimum atomic E-state index is 0.642. The van der Waals surface area contributed by atoms with Gasteiger partial charge in [-0.2, -0.15) is 0 Å². The maximum absolute atomic E-state index is 6.06. The van der Waals surface area contributed by atoms with Crippen LogP contribution in [-0.2, 0) is 13.0 Å². The zero-order chi connectivity index (χ0) is 12.8. The molecule has 0 unspecified atom stereocenters. The molecule has 0 fully saturated rings. The molecule has 0 amide bonds. The number of methoxy groups -OCH3 is 1. The average Bonchev–Trinajstić information content (AvgIpc) is 2.88. The average molecular weight is 266 g/mol. The van der Waals surface area contributed by atoms with Crippen molar-refractivity contribution in [3.8, 4) is 5.75 Å². The Labute approximate surface area is 111 Å². The maximum Gasteiger partial charge on any atom is 0.137 e. The third kappa shape index (κ3) is 3.48. The zero-order valence-electron chi connectivity index (χ0n) is 10.2. The van der Waals surface area contributed by atoms with Gasteiger partial charge in [-0.15, -0.1) is 0 Å². The number of aromatic nitrogens is 2. The Bertz CT molecular complexity index is 485. The van der Waals surface area contributed by atoms with Crippen molar-refractivity contribution < 1.29 is 4.74 Å². The van der Waals surface area contributed by atoms with Crippen molar-refractivity contribution in [1.29, 1.82) is 0 Å². The highest BCUT2D eigenvalue weighted by atomic mass is 35.5. The first-order valence-corrected chi connectivity index (χ1v) is 6.19. The van der Waals surface area contributed by atoms with Gasteiger partial charge >= 0.3 is 0 Å². The van der Waals surface area contributed by atoms with E-state index in [2.05, 4.69) is 15.3 Å². The molecule has 2 rings (SSSR count).